The number of hydrogen-bond acceptors (Lipinski definition) is 4. The Bertz CT molecular complexity index is 1050. The molecule has 1 amide bonds. The van der Waals surface area contributed by atoms with E-state index in [0.717, 1.165) is 14.0 Å². The van der Waals surface area contributed by atoms with Gasteiger partial charge in [0.05, 0.1) is 18.4 Å². The highest BCUT2D eigenvalue weighted by Gasteiger charge is 2.53. The number of benzene rings is 2. The zero-order valence-electron chi connectivity index (χ0n) is 15.0. The van der Waals surface area contributed by atoms with Crippen molar-refractivity contribution in [2.24, 2.45) is 0 Å². The van der Waals surface area contributed by atoms with Gasteiger partial charge < -0.3 is 9.47 Å². The van der Waals surface area contributed by atoms with Crippen LogP contribution in [0.25, 0.3) is 11.1 Å². The molecule has 2 aromatic rings. The monoisotopic (exact) mass is 437 g/mol. The van der Waals surface area contributed by atoms with Crippen molar-refractivity contribution in [2.75, 3.05) is 12.0 Å². The van der Waals surface area contributed by atoms with E-state index in [0.29, 0.717) is 6.07 Å². The molecular formula is C18H10F7NO4. The normalized spacial score (nSPS) is 16.0. The highest BCUT2D eigenvalue weighted by molar-refractivity contribution is 6.05. The molecule has 1 atom stereocenters. The summed E-state index contributed by atoms with van der Waals surface area (Å²) in [5.41, 5.74) is -3.29. The van der Waals surface area contributed by atoms with Crippen LogP contribution < -0.4 is 9.64 Å². The van der Waals surface area contributed by atoms with Gasteiger partial charge >= 0.3 is 18.0 Å². The van der Waals surface area contributed by atoms with Crippen molar-refractivity contribution >= 4 is 17.6 Å². The fourth-order valence-corrected chi connectivity index (χ4v) is 2.91. The highest BCUT2D eigenvalue weighted by Crippen LogP contribution is 2.44. The van der Waals surface area contributed by atoms with Crippen molar-refractivity contribution in [1.29, 1.82) is 0 Å². The minimum atomic E-state index is -4.51. The summed E-state index contributed by atoms with van der Waals surface area (Å²) >= 11 is 0. The number of methoxy groups -OCH3 is 1. The van der Waals surface area contributed by atoms with Crippen LogP contribution in [0.15, 0.2) is 18.2 Å². The lowest BCUT2D eigenvalue weighted by molar-refractivity contribution is -0.193. The van der Waals surface area contributed by atoms with E-state index in [4.69, 9.17) is 0 Å². The second kappa shape index (κ2) is 7.18. The third kappa shape index (κ3) is 3.21. The highest BCUT2D eigenvalue weighted by atomic mass is 19.3. The first-order valence-corrected chi connectivity index (χ1v) is 8.06. The van der Waals surface area contributed by atoms with Crippen molar-refractivity contribution in [3.8, 4) is 16.9 Å². The Hall–Kier alpha value is -3.31. The molecule has 0 saturated carbocycles. The van der Waals surface area contributed by atoms with Crippen molar-refractivity contribution in [1.82, 2.24) is 0 Å². The summed E-state index contributed by atoms with van der Waals surface area (Å²) in [6.07, 6.45) is -4.51. The van der Waals surface area contributed by atoms with Crippen molar-refractivity contribution in [2.45, 2.75) is 19.1 Å². The first kappa shape index (κ1) is 21.4. The molecule has 1 heterocycles. The molecule has 0 N–H and O–H groups in total. The van der Waals surface area contributed by atoms with E-state index in [-0.39, 0.29) is 17.0 Å². The minimum Gasteiger partial charge on any atom is -0.467 e. The molecule has 0 aromatic heterocycles. The summed E-state index contributed by atoms with van der Waals surface area (Å²) in [5.74, 6) is -13.4. The average Bonchev–Trinajstić information content (AvgIpc) is 2.67. The Morgan fingerprint density at radius 2 is 1.60 bits per heavy atom. The topological polar surface area (TPSA) is 55.8 Å². The number of ether oxygens (including phenoxy) is 2. The van der Waals surface area contributed by atoms with Crippen LogP contribution in [0.4, 0.5) is 36.4 Å². The first-order chi connectivity index (χ1) is 13.9. The van der Waals surface area contributed by atoms with Gasteiger partial charge in [-0.25, -0.2) is 26.7 Å². The molecule has 3 rings (SSSR count). The van der Waals surface area contributed by atoms with Crippen LogP contribution in [0.3, 0.4) is 0 Å². The molecule has 0 radical (unpaired) electrons. The van der Waals surface area contributed by atoms with Crippen LogP contribution in [-0.2, 0) is 14.3 Å². The second-order valence-corrected chi connectivity index (χ2v) is 6.14. The predicted molar refractivity (Wildman–Crippen MR) is 86.2 cm³/mol. The number of amides is 1. The summed E-state index contributed by atoms with van der Waals surface area (Å²) < 4.78 is 106. The number of halogens is 7. The average molecular weight is 437 g/mol. The number of carbonyl (C=O) groups excluding carboxylic acids is 2. The number of carbonyl (C=O) groups is 2. The van der Waals surface area contributed by atoms with E-state index in [1.54, 1.807) is 0 Å². The maximum absolute atomic E-state index is 14.5. The van der Waals surface area contributed by atoms with E-state index < -0.39 is 75.7 Å². The number of hydrogen-bond donors (Lipinski definition) is 0. The van der Waals surface area contributed by atoms with Crippen molar-refractivity contribution in [3.05, 3.63) is 47.3 Å². The smallest absolute Gasteiger partial charge is 0.467 e. The zero-order chi connectivity index (χ0) is 22.5. The minimum absolute atomic E-state index is 0.108. The molecule has 0 bridgehead atoms. The van der Waals surface area contributed by atoms with Gasteiger partial charge in [-0.05, 0) is 13.0 Å². The van der Waals surface area contributed by atoms with Gasteiger partial charge in [0.25, 0.3) is 0 Å². The Balaban J connectivity index is 2.31. The van der Waals surface area contributed by atoms with E-state index in [9.17, 15) is 40.3 Å². The van der Waals surface area contributed by atoms with E-state index >= 15 is 0 Å². The van der Waals surface area contributed by atoms with E-state index in [1.165, 1.54) is 0 Å². The van der Waals surface area contributed by atoms with Gasteiger partial charge in [0.15, 0.2) is 29.0 Å². The lowest BCUT2D eigenvalue weighted by Gasteiger charge is -2.36. The summed E-state index contributed by atoms with van der Waals surface area (Å²) in [7, 11) is 0.902. The van der Waals surface area contributed by atoms with Crippen LogP contribution in [-0.4, -0.2) is 31.1 Å². The molecule has 12 heteroatoms. The third-order valence-corrected chi connectivity index (χ3v) is 4.32. The lowest BCUT2D eigenvalue weighted by atomic mass is 10.0. The van der Waals surface area contributed by atoms with E-state index in [2.05, 4.69) is 9.47 Å². The summed E-state index contributed by atoms with van der Waals surface area (Å²) in [4.78, 5) is 24.1. The standard InChI is InChI=1S/C18H10F7NO4/c1-6(16(27)29-2)26-11-3-7(13-14(22)9(20)4-10(21)15(13)23)8(19)5-12(11)30-18(24,25)17(26)28/h3-6H,1-2H3. The zero-order valence-corrected chi connectivity index (χ0v) is 15.0. The molecule has 1 aliphatic rings. The molecule has 30 heavy (non-hydrogen) atoms. The van der Waals surface area contributed by atoms with Gasteiger partial charge in [0.2, 0.25) is 0 Å². The largest absolute Gasteiger partial charge is 0.483 e. The van der Waals surface area contributed by atoms with Crippen LogP contribution in [0.1, 0.15) is 6.92 Å². The van der Waals surface area contributed by atoms with Crippen LogP contribution in [0.5, 0.6) is 5.75 Å². The molecule has 160 valence electrons. The maximum Gasteiger partial charge on any atom is 0.483 e. The van der Waals surface area contributed by atoms with Gasteiger partial charge in [-0.1, -0.05) is 0 Å². The molecule has 5 nitrogen and oxygen atoms in total. The molecule has 0 fully saturated rings. The summed E-state index contributed by atoms with van der Waals surface area (Å²) in [6, 6.07) is -1.11. The van der Waals surface area contributed by atoms with Crippen LogP contribution in [0.2, 0.25) is 0 Å². The number of alkyl halides is 2. The van der Waals surface area contributed by atoms with Gasteiger partial charge in [0.1, 0.15) is 11.9 Å². The Morgan fingerprint density at radius 3 is 2.13 bits per heavy atom. The quantitative estimate of drug-likeness (QED) is 0.415. The number of rotatable bonds is 3. The fraction of sp³-hybridized carbons (Fsp3) is 0.222. The third-order valence-electron chi connectivity index (χ3n) is 4.32. The number of fused-ring (bicyclic) bond motifs is 1. The molecule has 0 aliphatic carbocycles. The van der Waals surface area contributed by atoms with Crippen LogP contribution >= 0.6 is 0 Å². The molecule has 2 aromatic carbocycles. The maximum atomic E-state index is 14.5. The molecular weight excluding hydrogens is 427 g/mol. The van der Waals surface area contributed by atoms with Crippen molar-refractivity contribution < 1.29 is 49.8 Å². The fourth-order valence-electron chi connectivity index (χ4n) is 2.91. The predicted octanol–water partition coefficient (Wildman–Crippen LogP) is 3.93. The Kier molecular flexibility index (Phi) is 5.12. The Labute approximate surface area is 163 Å². The molecule has 1 aliphatic heterocycles. The van der Waals surface area contributed by atoms with Gasteiger partial charge in [-0.2, -0.15) is 8.78 Å². The van der Waals surface area contributed by atoms with Gasteiger partial charge in [-0.3, -0.25) is 9.69 Å². The number of esters is 1. The summed E-state index contributed by atoms with van der Waals surface area (Å²) in [6.45, 7) is 0.987. The van der Waals surface area contributed by atoms with Crippen molar-refractivity contribution in [3.63, 3.8) is 0 Å². The first-order valence-electron chi connectivity index (χ1n) is 8.06. The number of nitrogens with zero attached hydrogens (tertiary/aromatic N) is 1. The Morgan fingerprint density at radius 1 is 1.03 bits per heavy atom. The van der Waals surface area contributed by atoms with Gasteiger partial charge in [-0.15, -0.1) is 0 Å². The summed E-state index contributed by atoms with van der Waals surface area (Å²) in [5, 5.41) is 0. The molecule has 0 spiro atoms. The van der Waals surface area contributed by atoms with Gasteiger partial charge in [0, 0.05) is 17.7 Å². The number of anilines is 1. The SMILES string of the molecule is COC(=O)C(C)N1C(=O)C(F)(F)Oc2cc(F)c(-c3c(F)c(F)cc(F)c3F)cc21. The van der Waals surface area contributed by atoms with E-state index in [1.807, 2.05) is 0 Å². The molecule has 0 saturated heterocycles. The second-order valence-electron chi connectivity index (χ2n) is 6.14. The van der Waals surface area contributed by atoms with Crippen LogP contribution in [0, 0.1) is 29.1 Å². The lowest BCUT2D eigenvalue weighted by Crippen LogP contribution is -2.56. The molecule has 1 unspecified atom stereocenters.